The number of rotatable bonds is 3. The monoisotopic (exact) mass is 480 g/mol. The van der Waals surface area contributed by atoms with Crippen LogP contribution in [0.2, 0.25) is 0 Å². The topological polar surface area (TPSA) is 79.9 Å². The van der Waals surface area contributed by atoms with E-state index >= 15 is 0 Å². The Hall–Kier alpha value is -3.78. The first-order chi connectivity index (χ1) is 17.6. The quantitative estimate of drug-likeness (QED) is 0.392. The Labute approximate surface area is 210 Å². The maximum Gasteiger partial charge on any atom is 0.136 e. The van der Waals surface area contributed by atoms with Gasteiger partial charge >= 0.3 is 0 Å². The van der Waals surface area contributed by atoms with Crippen LogP contribution >= 0.6 is 0 Å². The molecule has 36 heavy (non-hydrogen) atoms. The predicted octanol–water partition coefficient (Wildman–Crippen LogP) is 5.03. The van der Waals surface area contributed by atoms with E-state index in [1.54, 1.807) is 10.9 Å². The lowest BCUT2D eigenvalue weighted by Crippen LogP contribution is -2.36. The zero-order valence-electron chi connectivity index (χ0n) is 20.9. The standard InChI is InChI=1S/C16H20N4.C12H12N4/c1-2-4-14(3-1)20-7-5-12(6-8-20)13-9-15-16(17-10-13)11-18-19-15;1-9-5-13-12-4-3-10(8-16(9)12)11-6-14-15(2)7-11/h5,9-11,14H,1-4,6-8H2,(H,18,19);3-8H,1-2H3. The van der Waals surface area contributed by atoms with Crippen molar-refractivity contribution >= 4 is 22.3 Å². The van der Waals surface area contributed by atoms with Gasteiger partial charge in [0.2, 0.25) is 0 Å². The van der Waals surface area contributed by atoms with E-state index in [1.165, 1.54) is 43.4 Å². The SMILES string of the molecule is C1=C(c2cnc3cn[nH]c3c2)CCN(C2CCCC2)C1.Cc1cnc2ccc(-c3cnn(C)c3)cn12. The molecule has 2 aliphatic rings. The summed E-state index contributed by atoms with van der Waals surface area (Å²) in [6.07, 6.45) is 20.7. The molecule has 0 spiro atoms. The van der Waals surface area contributed by atoms with E-state index in [4.69, 9.17) is 0 Å². The molecule has 7 rings (SSSR count). The van der Waals surface area contributed by atoms with Crippen LogP contribution in [0.15, 0.2) is 61.5 Å². The number of aromatic nitrogens is 7. The molecule has 0 aromatic carbocycles. The third-order valence-electron chi connectivity index (χ3n) is 7.47. The third kappa shape index (κ3) is 4.56. The highest BCUT2D eigenvalue weighted by molar-refractivity contribution is 5.79. The molecule has 6 heterocycles. The molecule has 0 radical (unpaired) electrons. The van der Waals surface area contributed by atoms with E-state index in [1.807, 2.05) is 44.8 Å². The highest BCUT2D eigenvalue weighted by Gasteiger charge is 2.24. The van der Waals surface area contributed by atoms with Crippen LogP contribution in [0.25, 0.3) is 33.4 Å². The Morgan fingerprint density at radius 3 is 2.61 bits per heavy atom. The number of imidazole rings is 1. The Balaban J connectivity index is 0.000000137. The number of hydrogen-bond acceptors (Lipinski definition) is 5. The van der Waals surface area contributed by atoms with Crippen LogP contribution in [0, 0.1) is 6.92 Å². The van der Waals surface area contributed by atoms with Gasteiger partial charge in [-0.15, -0.1) is 0 Å². The minimum absolute atomic E-state index is 0.834. The van der Waals surface area contributed by atoms with Gasteiger partial charge in [0.1, 0.15) is 11.2 Å². The molecule has 1 saturated carbocycles. The van der Waals surface area contributed by atoms with Gasteiger partial charge in [-0.1, -0.05) is 18.9 Å². The number of fused-ring (bicyclic) bond motifs is 2. The number of H-pyrrole nitrogens is 1. The van der Waals surface area contributed by atoms with Gasteiger partial charge in [0.15, 0.2) is 0 Å². The lowest BCUT2D eigenvalue weighted by molar-refractivity contribution is 0.219. The van der Waals surface area contributed by atoms with Gasteiger partial charge in [0.25, 0.3) is 0 Å². The van der Waals surface area contributed by atoms with Crippen LogP contribution < -0.4 is 0 Å². The van der Waals surface area contributed by atoms with Gasteiger partial charge in [-0.3, -0.25) is 19.7 Å². The normalized spacial score (nSPS) is 16.9. The van der Waals surface area contributed by atoms with Gasteiger partial charge in [-0.2, -0.15) is 10.2 Å². The van der Waals surface area contributed by atoms with Gasteiger partial charge in [0.05, 0.1) is 17.9 Å². The fraction of sp³-hybridized carbons (Fsp3) is 0.357. The molecule has 1 fully saturated rings. The van der Waals surface area contributed by atoms with E-state index in [9.17, 15) is 0 Å². The summed E-state index contributed by atoms with van der Waals surface area (Å²) in [5, 5.41) is 11.2. The largest absolute Gasteiger partial charge is 0.304 e. The van der Waals surface area contributed by atoms with E-state index in [-0.39, 0.29) is 0 Å². The van der Waals surface area contributed by atoms with E-state index in [0.29, 0.717) is 0 Å². The van der Waals surface area contributed by atoms with Crippen LogP contribution in [0.3, 0.4) is 0 Å². The molecule has 5 aromatic rings. The smallest absolute Gasteiger partial charge is 0.136 e. The van der Waals surface area contributed by atoms with Gasteiger partial charge in [0, 0.05) is 67.8 Å². The zero-order chi connectivity index (χ0) is 24.5. The van der Waals surface area contributed by atoms with Crippen LogP contribution in [-0.2, 0) is 7.05 Å². The van der Waals surface area contributed by atoms with Crippen molar-refractivity contribution in [1.29, 1.82) is 0 Å². The van der Waals surface area contributed by atoms with Crippen molar-refractivity contribution in [2.75, 3.05) is 13.1 Å². The van der Waals surface area contributed by atoms with Crippen LogP contribution in [0.4, 0.5) is 0 Å². The van der Waals surface area contributed by atoms with Crippen molar-refractivity contribution in [3.05, 3.63) is 72.7 Å². The van der Waals surface area contributed by atoms with Crippen molar-refractivity contribution < 1.29 is 0 Å². The molecule has 0 saturated heterocycles. The maximum absolute atomic E-state index is 4.46. The lowest BCUT2D eigenvalue weighted by atomic mass is 9.99. The van der Waals surface area contributed by atoms with Crippen molar-refractivity contribution in [3.63, 3.8) is 0 Å². The third-order valence-corrected chi connectivity index (χ3v) is 7.47. The minimum Gasteiger partial charge on any atom is -0.304 e. The van der Waals surface area contributed by atoms with Gasteiger partial charge in [-0.05, 0) is 55.5 Å². The summed E-state index contributed by atoms with van der Waals surface area (Å²) in [6.45, 7) is 4.34. The number of aromatic amines is 1. The Morgan fingerprint density at radius 1 is 0.944 bits per heavy atom. The molecule has 0 unspecified atom stereocenters. The molecule has 1 aliphatic carbocycles. The molecule has 5 aromatic heterocycles. The second-order valence-electron chi connectivity index (χ2n) is 9.89. The van der Waals surface area contributed by atoms with E-state index in [2.05, 4.69) is 59.0 Å². The Kier molecular flexibility index (Phi) is 6.11. The first-order valence-corrected chi connectivity index (χ1v) is 12.8. The summed E-state index contributed by atoms with van der Waals surface area (Å²) in [5.41, 5.74) is 9.04. The van der Waals surface area contributed by atoms with Crippen molar-refractivity contribution in [2.24, 2.45) is 7.05 Å². The summed E-state index contributed by atoms with van der Waals surface area (Å²) in [5.74, 6) is 0. The summed E-state index contributed by atoms with van der Waals surface area (Å²) >= 11 is 0. The van der Waals surface area contributed by atoms with E-state index < -0.39 is 0 Å². The number of pyridine rings is 2. The zero-order valence-corrected chi connectivity index (χ0v) is 20.9. The van der Waals surface area contributed by atoms with Crippen molar-refractivity contribution in [1.82, 2.24) is 39.2 Å². The molecule has 184 valence electrons. The second-order valence-corrected chi connectivity index (χ2v) is 9.89. The molecule has 8 nitrogen and oxygen atoms in total. The van der Waals surface area contributed by atoms with Crippen LogP contribution in [0.1, 0.15) is 43.4 Å². The fourth-order valence-corrected chi connectivity index (χ4v) is 5.40. The summed E-state index contributed by atoms with van der Waals surface area (Å²) in [6, 6.07) is 7.10. The molecule has 1 aliphatic heterocycles. The molecular formula is C28H32N8. The predicted molar refractivity (Wildman–Crippen MR) is 142 cm³/mol. The highest BCUT2D eigenvalue weighted by Crippen LogP contribution is 2.29. The first kappa shape index (κ1) is 22.7. The summed E-state index contributed by atoms with van der Waals surface area (Å²) < 4.78 is 3.89. The van der Waals surface area contributed by atoms with Crippen molar-refractivity contribution in [3.8, 4) is 11.1 Å². The lowest BCUT2D eigenvalue weighted by Gasteiger charge is -2.31. The number of nitrogens with zero attached hydrogens (tertiary/aromatic N) is 7. The molecular weight excluding hydrogens is 448 g/mol. The minimum atomic E-state index is 0.834. The number of hydrogen-bond donors (Lipinski definition) is 1. The van der Waals surface area contributed by atoms with E-state index in [0.717, 1.165) is 52.5 Å². The van der Waals surface area contributed by atoms with Crippen LogP contribution in [-0.4, -0.2) is 58.4 Å². The Morgan fingerprint density at radius 2 is 1.83 bits per heavy atom. The number of aryl methyl sites for hydroxylation is 2. The molecule has 1 N–H and O–H groups in total. The van der Waals surface area contributed by atoms with Crippen LogP contribution in [0.5, 0.6) is 0 Å². The van der Waals surface area contributed by atoms with Gasteiger partial charge in [-0.25, -0.2) is 4.98 Å². The second kappa shape index (κ2) is 9.70. The summed E-state index contributed by atoms with van der Waals surface area (Å²) in [4.78, 5) is 11.4. The first-order valence-electron chi connectivity index (χ1n) is 12.8. The molecule has 0 amide bonds. The number of nitrogens with one attached hydrogen (secondary N) is 1. The molecule has 8 heteroatoms. The molecule has 0 atom stereocenters. The Bertz CT molecular complexity index is 1510. The maximum atomic E-state index is 4.46. The average molecular weight is 481 g/mol. The fourth-order valence-electron chi connectivity index (χ4n) is 5.40. The highest BCUT2D eigenvalue weighted by atomic mass is 15.2. The average Bonchev–Trinajstić information content (AvgIpc) is 3.72. The molecule has 0 bridgehead atoms. The van der Waals surface area contributed by atoms with Crippen molar-refractivity contribution in [2.45, 2.75) is 45.1 Å². The van der Waals surface area contributed by atoms with Gasteiger partial charge < -0.3 is 4.40 Å². The summed E-state index contributed by atoms with van der Waals surface area (Å²) in [7, 11) is 1.92.